The van der Waals surface area contributed by atoms with Crippen LogP contribution in [-0.2, 0) is 4.79 Å². The number of allylic oxidation sites excluding steroid dienone is 1. The zero-order chi connectivity index (χ0) is 14.4. The van der Waals surface area contributed by atoms with Crippen LogP contribution in [0.25, 0.3) is 6.08 Å². The molecule has 0 bridgehead atoms. The number of hydrogen-bond donors (Lipinski definition) is 1. The molecule has 0 radical (unpaired) electrons. The first-order valence-electron chi connectivity index (χ1n) is 5.38. The van der Waals surface area contributed by atoms with E-state index in [9.17, 15) is 24.4 Å². The van der Waals surface area contributed by atoms with Crippen LogP contribution in [0.4, 0.5) is 10.1 Å². The van der Waals surface area contributed by atoms with E-state index in [4.69, 9.17) is 0 Å². The third-order valence-electron chi connectivity index (χ3n) is 2.18. The lowest BCUT2D eigenvalue weighted by molar-refractivity contribution is -0.385. The molecule has 0 aliphatic heterocycles. The van der Waals surface area contributed by atoms with Crippen molar-refractivity contribution in [3.05, 3.63) is 39.7 Å². The van der Waals surface area contributed by atoms with Gasteiger partial charge in [-0.25, -0.2) is 4.39 Å². The number of thioether (sulfide) groups is 1. The van der Waals surface area contributed by atoms with Crippen LogP contribution in [0, 0.1) is 15.9 Å². The second-order valence-corrected chi connectivity index (χ2v) is 4.92. The van der Waals surface area contributed by atoms with E-state index < -0.39 is 22.2 Å². The summed E-state index contributed by atoms with van der Waals surface area (Å²) >= 11 is 1.15. The van der Waals surface area contributed by atoms with Crippen LogP contribution in [-0.4, -0.2) is 20.9 Å². The fourth-order valence-electron chi connectivity index (χ4n) is 1.32. The second kappa shape index (κ2) is 6.89. The number of nitrogens with zero attached hydrogens (tertiary/aromatic N) is 1. The summed E-state index contributed by atoms with van der Waals surface area (Å²) in [7, 11) is 0. The lowest BCUT2D eigenvalue weighted by Crippen LogP contribution is -1.92. The zero-order valence-corrected chi connectivity index (χ0v) is 10.9. The van der Waals surface area contributed by atoms with Crippen LogP contribution in [0.15, 0.2) is 18.2 Å². The van der Waals surface area contributed by atoms with Crippen molar-refractivity contribution >= 4 is 28.6 Å². The van der Waals surface area contributed by atoms with Crippen molar-refractivity contribution in [1.29, 1.82) is 0 Å². The molecular formula is C12H12FNO4S. The SMILES string of the molecule is CC(=O)SCCC=Cc1cc([N+](=O)[O-])c(O)cc1F. The molecule has 7 heteroatoms. The maximum atomic E-state index is 13.4. The van der Waals surface area contributed by atoms with Crippen LogP contribution in [0.5, 0.6) is 5.75 Å². The summed E-state index contributed by atoms with van der Waals surface area (Å²) in [5.41, 5.74) is -0.517. The number of benzene rings is 1. The molecule has 0 aliphatic carbocycles. The van der Waals surface area contributed by atoms with Crippen LogP contribution < -0.4 is 0 Å². The third kappa shape index (κ3) is 4.70. The lowest BCUT2D eigenvalue weighted by atomic mass is 10.1. The van der Waals surface area contributed by atoms with Crippen LogP contribution in [0.2, 0.25) is 0 Å². The molecule has 0 saturated heterocycles. The Morgan fingerprint density at radius 3 is 2.84 bits per heavy atom. The summed E-state index contributed by atoms with van der Waals surface area (Å²) in [6, 6.07) is 1.68. The number of phenolic OH excluding ortho intramolecular Hbond substituents is 1. The molecule has 0 atom stereocenters. The topological polar surface area (TPSA) is 80.4 Å². The average molecular weight is 285 g/mol. The van der Waals surface area contributed by atoms with E-state index in [0.717, 1.165) is 17.8 Å². The molecule has 19 heavy (non-hydrogen) atoms. The summed E-state index contributed by atoms with van der Waals surface area (Å²) in [6.07, 6.45) is 3.55. The van der Waals surface area contributed by atoms with Gasteiger partial charge in [0.25, 0.3) is 0 Å². The molecule has 1 rings (SSSR count). The van der Waals surface area contributed by atoms with Crippen molar-refractivity contribution in [2.24, 2.45) is 0 Å². The molecule has 1 N–H and O–H groups in total. The monoisotopic (exact) mass is 285 g/mol. The van der Waals surface area contributed by atoms with Gasteiger partial charge in [-0.2, -0.15) is 0 Å². The van der Waals surface area contributed by atoms with E-state index in [0.29, 0.717) is 18.2 Å². The van der Waals surface area contributed by atoms with Gasteiger partial charge in [0.2, 0.25) is 0 Å². The van der Waals surface area contributed by atoms with Gasteiger partial charge in [-0.1, -0.05) is 23.9 Å². The van der Waals surface area contributed by atoms with E-state index in [2.05, 4.69) is 0 Å². The normalized spacial score (nSPS) is 10.8. The number of phenols is 1. The number of rotatable bonds is 5. The third-order valence-corrected chi connectivity index (χ3v) is 3.02. The van der Waals surface area contributed by atoms with Gasteiger partial charge in [0.05, 0.1) is 4.92 Å². The van der Waals surface area contributed by atoms with Gasteiger partial charge in [0, 0.05) is 30.4 Å². The second-order valence-electron chi connectivity index (χ2n) is 3.65. The molecule has 0 saturated carbocycles. The molecule has 5 nitrogen and oxygen atoms in total. The molecule has 102 valence electrons. The Balaban J connectivity index is 2.77. The summed E-state index contributed by atoms with van der Waals surface area (Å²) in [6.45, 7) is 1.46. The number of carbonyl (C=O) groups is 1. The van der Waals surface area contributed by atoms with Gasteiger partial charge >= 0.3 is 5.69 Å². The minimum Gasteiger partial charge on any atom is -0.502 e. The van der Waals surface area contributed by atoms with Gasteiger partial charge in [-0.05, 0) is 6.42 Å². The van der Waals surface area contributed by atoms with Gasteiger partial charge in [0.15, 0.2) is 10.9 Å². The zero-order valence-electron chi connectivity index (χ0n) is 10.1. The minimum atomic E-state index is -0.780. The van der Waals surface area contributed by atoms with Gasteiger partial charge in [0.1, 0.15) is 5.82 Å². The van der Waals surface area contributed by atoms with Crippen LogP contribution in [0.3, 0.4) is 0 Å². The van der Waals surface area contributed by atoms with Crippen LogP contribution in [0.1, 0.15) is 18.9 Å². The number of hydrogen-bond acceptors (Lipinski definition) is 5. The highest BCUT2D eigenvalue weighted by atomic mass is 32.2. The predicted molar refractivity (Wildman–Crippen MR) is 71.5 cm³/mol. The molecule has 0 aliphatic rings. The lowest BCUT2D eigenvalue weighted by Gasteiger charge is -2.00. The molecule has 1 aromatic rings. The molecule has 0 amide bonds. The fraction of sp³-hybridized carbons (Fsp3) is 0.250. The maximum Gasteiger partial charge on any atom is 0.311 e. The van der Waals surface area contributed by atoms with Gasteiger partial charge in [-0.3, -0.25) is 14.9 Å². The van der Waals surface area contributed by atoms with Crippen molar-refractivity contribution < 1.29 is 19.2 Å². The van der Waals surface area contributed by atoms with E-state index in [-0.39, 0.29) is 10.7 Å². The minimum absolute atomic E-state index is 0.000137. The van der Waals surface area contributed by atoms with Crippen molar-refractivity contribution in [3.63, 3.8) is 0 Å². The van der Waals surface area contributed by atoms with Crippen LogP contribution >= 0.6 is 11.8 Å². The van der Waals surface area contributed by atoms with E-state index in [1.54, 1.807) is 6.08 Å². The first-order chi connectivity index (χ1) is 8.91. The van der Waals surface area contributed by atoms with E-state index in [1.165, 1.54) is 13.0 Å². The fourth-order valence-corrected chi connectivity index (χ4v) is 1.86. The summed E-state index contributed by atoms with van der Waals surface area (Å²) < 4.78 is 13.4. The van der Waals surface area contributed by atoms with E-state index in [1.807, 2.05) is 0 Å². The Hall–Kier alpha value is -1.89. The number of aromatic hydroxyl groups is 1. The number of halogens is 1. The molecule has 0 fully saturated rings. The summed E-state index contributed by atoms with van der Waals surface area (Å²) in [5.74, 6) is -0.876. The smallest absolute Gasteiger partial charge is 0.311 e. The molecule has 0 spiro atoms. The predicted octanol–water partition coefficient (Wildman–Crippen LogP) is 3.12. The Kier molecular flexibility index (Phi) is 5.50. The maximum absolute atomic E-state index is 13.4. The average Bonchev–Trinajstić information content (AvgIpc) is 2.30. The van der Waals surface area contributed by atoms with Crippen molar-refractivity contribution in [1.82, 2.24) is 0 Å². The van der Waals surface area contributed by atoms with E-state index >= 15 is 0 Å². The van der Waals surface area contributed by atoms with Gasteiger partial charge < -0.3 is 5.11 Å². The highest BCUT2D eigenvalue weighted by Gasteiger charge is 2.16. The Labute approximate surface area is 113 Å². The van der Waals surface area contributed by atoms with Gasteiger partial charge in [-0.15, -0.1) is 0 Å². The molecule has 0 unspecified atom stereocenters. The standard InChI is InChI=1S/C12H12FNO4S/c1-8(15)19-5-3-2-4-9-6-11(14(17)18)12(16)7-10(9)13/h2,4,6-7,16H,3,5H2,1H3. The number of carbonyl (C=O) groups excluding carboxylic acids is 1. The summed E-state index contributed by atoms with van der Waals surface area (Å²) in [5, 5.41) is 19.8. The Morgan fingerprint density at radius 2 is 2.26 bits per heavy atom. The van der Waals surface area contributed by atoms with Crippen molar-refractivity contribution in [2.45, 2.75) is 13.3 Å². The largest absolute Gasteiger partial charge is 0.502 e. The highest BCUT2D eigenvalue weighted by Crippen LogP contribution is 2.29. The highest BCUT2D eigenvalue weighted by molar-refractivity contribution is 8.13. The molecule has 0 aromatic heterocycles. The molecular weight excluding hydrogens is 273 g/mol. The number of nitro benzene ring substituents is 1. The first-order valence-corrected chi connectivity index (χ1v) is 6.37. The molecule has 1 aromatic carbocycles. The first kappa shape index (κ1) is 15.2. The Morgan fingerprint density at radius 1 is 1.58 bits per heavy atom. The Bertz CT molecular complexity index is 531. The van der Waals surface area contributed by atoms with Crippen molar-refractivity contribution in [2.75, 3.05) is 5.75 Å². The summed E-state index contributed by atoms with van der Waals surface area (Å²) in [4.78, 5) is 20.5. The molecule has 0 heterocycles. The van der Waals surface area contributed by atoms with Crippen molar-refractivity contribution in [3.8, 4) is 5.75 Å². The quantitative estimate of drug-likeness (QED) is 0.510. The number of nitro groups is 1.